The average molecular weight is 472 g/mol. The highest BCUT2D eigenvalue weighted by Crippen LogP contribution is 2.69. The minimum Gasteiger partial charge on any atom is -0.382 e. The van der Waals surface area contributed by atoms with Gasteiger partial charge in [0.05, 0.1) is 30.5 Å². The molecule has 35 heavy (non-hydrogen) atoms. The fourth-order valence-corrected chi connectivity index (χ4v) is 8.67. The van der Waals surface area contributed by atoms with Crippen LogP contribution in [0.15, 0.2) is 60.0 Å². The number of hydrogen-bond acceptors (Lipinski definition) is 4. The normalized spacial score (nSPS) is 39.5. The molecule has 5 aliphatic rings. The van der Waals surface area contributed by atoms with Crippen molar-refractivity contribution in [1.82, 2.24) is 4.98 Å². The minimum atomic E-state index is -0.113. The topological polar surface area (TPSA) is 40.6 Å². The van der Waals surface area contributed by atoms with E-state index in [9.17, 15) is 0 Å². The van der Waals surface area contributed by atoms with Crippen LogP contribution in [0.3, 0.4) is 0 Å². The number of aromatic nitrogens is 1. The van der Waals surface area contributed by atoms with Crippen LogP contribution in [0, 0.1) is 11.3 Å². The van der Waals surface area contributed by atoms with Gasteiger partial charge in [-0.1, -0.05) is 31.2 Å². The fraction of sp³-hybridized carbons (Fsp3) is 0.581. The predicted octanol–water partition coefficient (Wildman–Crippen LogP) is 6.51. The molecule has 2 aromatic rings. The van der Waals surface area contributed by atoms with E-state index in [4.69, 9.17) is 14.2 Å². The third-order valence-corrected chi connectivity index (χ3v) is 10.3. The van der Waals surface area contributed by atoms with Crippen molar-refractivity contribution < 1.29 is 14.2 Å². The van der Waals surface area contributed by atoms with Crippen molar-refractivity contribution in [3.05, 3.63) is 65.5 Å². The molecule has 3 fully saturated rings. The lowest BCUT2D eigenvalue weighted by atomic mass is 9.58. The molecular weight excluding hydrogens is 434 g/mol. The Morgan fingerprint density at radius 3 is 2.94 bits per heavy atom. The molecule has 1 saturated heterocycles. The van der Waals surface area contributed by atoms with E-state index in [0.717, 1.165) is 38.5 Å². The van der Waals surface area contributed by atoms with Gasteiger partial charge in [0.15, 0.2) is 0 Å². The number of allylic oxidation sites excluding steroid dienone is 1. The number of pyridine rings is 1. The number of methoxy groups -OCH3 is 1. The van der Waals surface area contributed by atoms with Gasteiger partial charge in [0.1, 0.15) is 0 Å². The molecular formula is C31H37NO3. The average Bonchev–Trinajstić information content (AvgIpc) is 3.39. The second-order valence-corrected chi connectivity index (χ2v) is 11.9. The van der Waals surface area contributed by atoms with E-state index < -0.39 is 0 Å². The summed E-state index contributed by atoms with van der Waals surface area (Å²) in [7, 11) is 1.74. The summed E-state index contributed by atoms with van der Waals surface area (Å²) in [4.78, 5) is 4.38. The van der Waals surface area contributed by atoms with Crippen LogP contribution in [0.1, 0.15) is 69.8 Å². The molecule has 6 atom stereocenters. The second kappa shape index (κ2) is 7.99. The van der Waals surface area contributed by atoms with Crippen molar-refractivity contribution in [3.8, 4) is 0 Å². The van der Waals surface area contributed by atoms with Gasteiger partial charge in [-0.3, -0.25) is 4.98 Å². The van der Waals surface area contributed by atoms with E-state index in [1.807, 2.05) is 12.4 Å². The standard InChI is InChI=1S/C31H37NO3/c1-29-11-9-25-18-24-5-6-26(34-16-15-33-2)19-30(24)12-13-31(25,35-30)28(29)8-7-27(29)22-4-3-21-10-14-32-20-23(21)17-22/h3-4,9-10,14,17-18,20,26-28H,5-8,11-13,15-16,19H2,1-2H3/t26-,27?,28-,29-,30-,31-/m1/s1. The smallest absolute Gasteiger partial charge is 0.0974 e. The Hall–Kier alpha value is -2.01. The molecule has 1 aromatic heterocycles. The molecule has 3 heterocycles. The van der Waals surface area contributed by atoms with E-state index in [0.29, 0.717) is 25.0 Å². The Balaban J connectivity index is 1.21. The number of hydrogen-bond donors (Lipinski definition) is 0. The molecule has 4 nitrogen and oxygen atoms in total. The zero-order chi connectivity index (χ0) is 23.7. The van der Waals surface area contributed by atoms with Crippen LogP contribution >= 0.6 is 0 Å². The quantitative estimate of drug-likeness (QED) is 0.466. The number of nitrogens with zero attached hydrogens (tertiary/aromatic N) is 1. The van der Waals surface area contributed by atoms with Gasteiger partial charge in [-0.05, 0) is 96.4 Å². The first kappa shape index (κ1) is 22.2. The molecule has 7 rings (SSSR count). The molecule has 2 spiro atoms. The largest absolute Gasteiger partial charge is 0.382 e. The second-order valence-electron chi connectivity index (χ2n) is 11.9. The van der Waals surface area contributed by atoms with Crippen LogP contribution in [-0.2, 0) is 14.2 Å². The van der Waals surface area contributed by atoms with Gasteiger partial charge in [-0.25, -0.2) is 0 Å². The van der Waals surface area contributed by atoms with Crippen LogP contribution in [0.2, 0.25) is 0 Å². The van der Waals surface area contributed by atoms with E-state index in [1.54, 1.807) is 7.11 Å². The predicted molar refractivity (Wildman–Crippen MR) is 137 cm³/mol. The van der Waals surface area contributed by atoms with Gasteiger partial charge in [-0.15, -0.1) is 0 Å². The highest BCUT2D eigenvalue weighted by molar-refractivity contribution is 5.82. The third kappa shape index (κ3) is 3.19. The zero-order valence-electron chi connectivity index (χ0n) is 21.1. The molecule has 0 radical (unpaired) electrons. The molecule has 0 amide bonds. The third-order valence-electron chi connectivity index (χ3n) is 10.3. The molecule has 2 aliphatic heterocycles. The van der Waals surface area contributed by atoms with E-state index >= 15 is 0 Å². The maximum atomic E-state index is 7.39. The first-order valence-corrected chi connectivity index (χ1v) is 13.6. The first-order valence-electron chi connectivity index (χ1n) is 13.6. The Morgan fingerprint density at radius 1 is 1.09 bits per heavy atom. The number of benzene rings is 1. The van der Waals surface area contributed by atoms with Crippen molar-refractivity contribution in [2.24, 2.45) is 11.3 Å². The van der Waals surface area contributed by atoms with Gasteiger partial charge in [0, 0.05) is 31.3 Å². The molecule has 1 aromatic carbocycles. The van der Waals surface area contributed by atoms with Crippen LogP contribution in [0.25, 0.3) is 10.8 Å². The van der Waals surface area contributed by atoms with Crippen molar-refractivity contribution in [1.29, 1.82) is 0 Å². The van der Waals surface area contributed by atoms with E-state index in [1.165, 1.54) is 40.3 Å². The van der Waals surface area contributed by atoms with Crippen LogP contribution < -0.4 is 0 Å². The van der Waals surface area contributed by atoms with Gasteiger partial charge >= 0.3 is 0 Å². The van der Waals surface area contributed by atoms with Crippen molar-refractivity contribution in [3.63, 3.8) is 0 Å². The summed E-state index contributed by atoms with van der Waals surface area (Å²) in [5.74, 6) is 1.13. The van der Waals surface area contributed by atoms with Gasteiger partial charge < -0.3 is 14.2 Å². The first-order chi connectivity index (χ1) is 17.1. The Kier molecular flexibility index (Phi) is 5.07. The molecule has 3 aliphatic carbocycles. The van der Waals surface area contributed by atoms with Gasteiger partial charge in [0.2, 0.25) is 0 Å². The molecule has 184 valence electrons. The molecule has 1 unspecified atom stereocenters. The van der Waals surface area contributed by atoms with Crippen molar-refractivity contribution in [2.75, 3.05) is 20.3 Å². The summed E-state index contributed by atoms with van der Waals surface area (Å²) < 4.78 is 18.8. The Labute approximate surface area is 208 Å². The summed E-state index contributed by atoms with van der Waals surface area (Å²) in [5, 5.41) is 2.53. The fourth-order valence-electron chi connectivity index (χ4n) is 8.67. The van der Waals surface area contributed by atoms with Crippen molar-refractivity contribution in [2.45, 2.75) is 81.5 Å². The molecule has 0 N–H and O–H groups in total. The molecule has 4 heteroatoms. The SMILES string of the molecule is COCCO[C@@H]1CCC2=CC3=CC[C@]4(C)C(c5ccc6ccncc6c5)CC[C@H]4[C@@]34CC[C@]2(C1)O4. The lowest BCUT2D eigenvalue weighted by molar-refractivity contribution is -0.150. The van der Waals surface area contributed by atoms with Crippen LogP contribution in [0.4, 0.5) is 0 Å². The maximum absolute atomic E-state index is 7.39. The molecule has 2 bridgehead atoms. The van der Waals surface area contributed by atoms with E-state index in [-0.39, 0.29) is 22.7 Å². The summed E-state index contributed by atoms with van der Waals surface area (Å²) in [6, 6.07) is 9.17. The summed E-state index contributed by atoms with van der Waals surface area (Å²) in [6.07, 6.45) is 18.4. The van der Waals surface area contributed by atoms with Crippen LogP contribution in [0.5, 0.6) is 0 Å². The number of ether oxygens (including phenoxy) is 3. The number of rotatable bonds is 5. The minimum absolute atomic E-state index is 0.113. The lowest BCUT2D eigenvalue weighted by Crippen LogP contribution is -2.54. The Bertz CT molecular complexity index is 1220. The number of fused-ring (bicyclic) bond motifs is 2. The zero-order valence-corrected chi connectivity index (χ0v) is 21.1. The summed E-state index contributed by atoms with van der Waals surface area (Å²) >= 11 is 0. The van der Waals surface area contributed by atoms with Crippen LogP contribution in [-0.4, -0.2) is 42.6 Å². The summed E-state index contributed by atoms with van der Waals surface area (Å²) in [5.41, 5.74) is 4.50. The van der Waals surface area contributed by atoms with Gasteiger partial charge in [0.25, 0.3) is 0 Å². The van der Waals surface area contributed by atoms with Crippen molar-refractivity contribution >= 4 is 10.8 Å². The van der Waals surface area contributed by atoms with Gasteiger partial charge in [-0.2, -0.15) is 0 Å². The lowest BCUT2D eigenvalue weighted by Gasteiger charge is -2.54. The highest BCUT2D eigenvalue weighted by Gasteiger charge is 2.66. The van der Waals surface area contributed by atoms with E-state index in [2.05, 4.69) is 48.3 Å². The Morgan fingerprint density at radius 2 is 2.03 bits per heavy atom. The maximum Gasteiger partial charge on any atom is 0.0974 e. The summed E-state index contributed by atoms with van der Waals surface area (Å²) in [6.45, 7) is 3.89. The molecule has 2 saturated carbocycles. The highest BCUT2D eigenvalue weighted by atomic mass is 16.5. The monoisotopic (exact) mass is 471 g/mol.